The Bertz CT molecular complexity index is 1950. The van der Waals surface area contributed by atoms with Gasteiger partial charge in [-0.25, -0.2) is 9.82 Å². The van der Waals surface area contributed by atoms with Crippen LogP contribution in [0.1, 0.15) is 38.6 Å². The molecule has 0 aliphatic heterocycles. The topological polar surface area (TPSA) is 60.5 Å². The van der Waals surface area contributed by atoms with Gasteiger partial charge in [0.15, 0.2) is 0 Å². The molecular weight excluding hydrogens is 563 g/mol. The number of amides is 1. The average molecular weight is 597 g/mol. The monoisotopic (exact) mass is 596 g/mol. The van der Waals surface area contributed by atoms with E-state index in [1.165, 1.54) is 12.1 Å². The van der Waals surface area contributed by atoms with E-state index in [9.17, 15) is 9.18 Å². The van der Waals surface area contributed by atoms with Crippen molar-refractivity contribution >= 4 is 12.1 Å². The zero-order chi connectivity index (χ0) is 31.3. The molecule has 6 rings (SSSR count). The SMILES string of the molecule is Cc1ccc(-c2ccccc2)n1-c1ccc(C(=O)N/N=C/c2cc(C)n(-c3ccc(OCc4ccc(F)cc4)cc3)c2C)cc1. The predicted molar refractivity (Wildman–Crippen MR) is 177 cm³/mol. The molecule has 0 aliphatic rings. The third-order valence-corrected chi connectivity index (χ3v) is 7.79. The van der Waals surface area contributed by atoms with E-state index in [2.05, 4.69) is 50.9 Å². The highest BCUT2D eigenvalue weighted by atomic mass is 19.1. The van der Waals surface area contributed by atoms with Gasteiger partial charge in [0.1, 0.15) is 18.2 Å². The van der Waals surface area contributed by atoms with Crippen molar-refractivity contribution in [1.29, 1.82) is 0 Å². The fourth-order valence-electron chi connectivity index (χ4n) is 5.46. The van der Waals surface area contributed by atoms with Crippen LogP contribution >= 0.6 is 0 Å². The molecule has 4 aromatic carbocycles. The molecule has 0 saturated heterocycles. The molecular formula is C38H33FN4O2. The molecule has 2 heterocycles. The van der Waals surface area contributed by atoms with Gasteiger partial charge >= 0.3 is 0 Å². The highest BCUT2D eigenvalue weighted by Crippen LogP contribution is 2.27. The minimum absolute atomic E-state index is 0.265. The molecule has 0 unspecified atom stereocenters. The zero-order valence-corrected chi connectivity index (χ0v) is 25.4. The summed E-state index contributed by atoms with van der Waals surface area (Å²) in [5, 5.41) is 4.25. The Labute approximate surface area is 262 Å². The van der Waals surface area contributed by atoms with Crippen LogP contribution in [0, 0.1) is 26.6 Å². The van der Waals surface area contributed by atoms with E-state index in [0.717, 1.165) is 56.6 Å². The summed E-state index contributed by atoms with van der Waals surface area (Å²) in [6.45, 7) is 6.47. The Hall–Kier alpha value is -5.69. The molecule has 7 heteroatoms. The van der Waals surface area contributed by atoms with Gasteiger partial charge in [0.25, 0.3) is 5.91 Å². The molecule has 6 aromatic rings. The second kappa shape index (κ2) is 12.9. The number of hydrogen-bond donors (Lipinski definition) is 1. The number of nitrogens with zero attached hydrogens (tertiary/aromatic N) is 3. The van der Waals surface area contributed by atoms with Gasteiger partial charge in [-0.2, -0.15) is 5.10 Å². The molecule has 224 valence electrons. The van der Waals surface area contributed by atoms with Gasteiger partial charge in [0.2, 0.25) is 0 Å². The smallest absolute Gasteiger partial charge is 0.271 e. The van der Waals surface area contributed by atoms with Gasteiger partial charge in [0.05, 0.1) is 11.9 Å². The maximum absolute atomic E-state index is 13.1. The van der Waals surface area contributed by atoms with Crippen LogP contribution in [0.15, 0.2) is 126 Å². The lowest BCUT2D eigenvalue weighted by molar-refractivity contribution is 0.0955. The van der Waals surface area contributed by atoms with E-state index in [4.69, 9.17) is 4.74 Å². The van der Waals surface area contributed by atoms with Crippen LogP contribution in [-0.2, 0) is 6.61 Å². The summed E-state index contributed by atoms with van der Waals surface area (Å²) >= 11 is 0. The molecule has 45 heavy (non-hydrogen) atoms. The molecule has 1 amide bonds. The summed E-state index contributed by atoms with van der Waals surface area (Å²) < 4.78 is 23.3. The number of carbonyl (C=O) groups is 1. The number of benzene rings is 4. The van der Waals surface area contributed by atoms with Crippen LogP contribution < -0.4 is 10.2 Å². The number of nitrogens with one attached hydrogen (secondary N) is 1. The van der Waals surface area contributed by atoms with Crippen LogP contribution in [0.5, 0.6) is 5.75 Å². The number of hydrazone groups is 1. The normalized spacial score (nSPS) is 11.2. The molecule has 0 aliphatic carbocycles. The van der Waals surface area contributed by atoms with Crippen molar-refractivity contribution in [3.63, 3.8) is 0 Å². The second-order valence-electron chi connectivity index (χ2n) is 10.9. The molecule has 2 aromatic heterocycles. The number of hydrogen-bond acceptors (Lipinski definition) is 3. The Kier molecular flexibility index (Phi) is 8.42. The van der Waals surface area contributed by atoms with Gasteiger partial charge in [-0.05, 0) is 111 Å². The number of halogens is 1. The number of rotatable bonds is 9. The van der Waals surface area contributed by atoms with E-state index in [1.54, 1.807) is 18.3 Å². The summed E-state index contributed by atoms with van der Waals surface area (Å²) in [7, 11) is 0. The standard InChI is InChI=1S/C38H33FN4O2/c1-26-9-22-37(30-7-5-4-6-8-30)43(26)35-16-12-31(13-17-35)38(44)41-40-24-32-23-27(2)42(28(32)3)34-18-20-36(21-19-34)45-25-29-10-14-33(39)15-11-29/h4-24H,25H2,1-3H3,(H,41,44)/b40-24+. The van der Waals surface area contributed by atoms with E-state index < -0.39 is 0 Å². The lowest BCUT2D eigenvalue weighted by Crippen LogP contribution is -2.17. The molecule has 0 saturated carbocycles. The minimum atomic E-state index is -0.282. The van der Waals surface area contributed by atoms with Crippen LogP contribution in [0.25, 0.3) is 22.6 Å². The van der Waals surface area contributed by atoms with Crippen molar-refractivity contribution in [3.05, 3.63) is 161 Å². The van der Waals surface area contributed by atoms with Crippen molar-refractivity contribution in [2.75, 3.05) is 0 Å². The largest absolute Gasteiger partial charge is 0.489 e. The van der Waals surface area contributed by atoms with Crippen LogP contribution in [0.2, 0.25) is 0 Å². The molecule has 0 radical (unpaired) electrons. The first-order valence-electron chi connectivity index (χ1n) is 14.7. The highest BCUT2D eigenvalue weighted by Gasteiger charge is 2.12. The van der Waals surface area contributed by atoms with Gasteiger partial charge < -0.3 is 13.9 Å². The summed E-state index contributed by atoms with van der Waals surface area (Å²) in [5.74, 6) is 0.178. The maximum Gasteiger partial charge on any atom is 0.271 e. The Morgan fingerprint density at radius 2 is 1.44 bits per heavy atom. The van der Waals surface area contributed by atoms with Crippen LogP contribution in [0.4, 0.5) is 4.39 Å². The first-order valence-corrected chi connectivity index (χ1v) is 14.7. The van der Waals surface area contributed by atoms with Crippen molar-refractivity contribution in [1.82, 2.24) is 14.6 Å². The van der Waals surface area contributed by atoms with Crippen LogP contribution in [0.3, 0.4) is 0 Å². The molecule has 0 fully saturated rings. The predicted octanol–water partition coefficient (Wildman–Crippen LogP) is 8.34. The fraction of sp³-hybridized carbons (Fsp3) is 0.105. The lowest BCUT2D eigenvalue weighted by Gasteiger charge is -2.12. The van der Waals surface area contributed by atoms with E-state index in [1.807, 2.05) is 86.6 Å². The fourth-order valence-corrected chi connectivity index (χ4v) is 5.46. The summed E-state index contributed by atoms with van der Waals surface area (Å²) in [5.41, 5.74) is 12.3. The number of aromatic nitrogens is 2. The van der Waals surface area contributed by atoms with Gasteiger partial charge in [0, 0.05) is 39.6 Å². The first kappa shape index (κ1) is 29.4. The van der Waals surface area contributed by atoms with Gasteiger partial charge in [-0.3, -0.25) is 4.79 Å². The Morgan fingerprint density at radius 3 is 2.16 bits per heavy atom. The van der Waals surface area contributed by atoms with Crippen LogP contribution in [-0.4, -0.2) is 21.3 Å². The minimum Gasteiger partial charge on any atom is -0.489 e. The van der Waals surface area contributed by atoms with Gasteiger partial charge in [-0.1, -0.05) is 42.5 Å². The summed E-state index contributed by atoms with van der Waals surface area (Å²) in [4.78, 5) is 12.9. The molecule has 1 N–H and O–H groups in total. The third kappa shape index (κ3) is 6.48. The van der Waals surface area contributed by atoms with Crippen molar-refractivity contribution < 1.29 is 13.9 Å². The lowest BCUT2D eigenvalue weighted by atomic mass is 10.1. The summed E-state index contributed by atoms with van der Waals surface area (Å²) in [6, 6.07) is 38.1. The zero-order valence-electron chi connectivity index (χ0n) is 25.4. The van der Waals surface area contributed by atoms with E-state index in [0.29, 0.717) is 12.2 Å². The van der Waals surface area contributed by atoms with Crippen molar-refractivity contribution in [3.8, 4) is 28.4 Å². The Balaban J connectivity index is 1.10. The average Bonchev–Trinajstić information content (AvgIpc) is 3.59. The maximum atomic E-state index is 13.1. The van der Waals surface area contributed by atoms with Gasteiger partial charge in [-0.15, -0.1) is 0 Å². The molecule has 0 spiro atoms. The molecule has 0 bridgehead atoms. The number of carbonyl (C=O) groups excluding carboxylic acids is 1. The summed E-state index contributed by atoms with van der Waals surface area (Å²) in [6.07, 6.45) is 1.67. The second-order valence-corrected chi connectivity index (χ2v) is 10.9. The van der Waals surface area contributed by atoms with E-state index >= 15 is 0 Å². The van der Waals surface area contributed by atoms with Crippen molar-refractivity contribution in [2.45, 2.75) is 27.4 Å². The number of ether oxygens (including phenoxy) is 1. The third-order valence-electron chi connectivity index (χ3n) is 7.79. The molecule has 6 nitrogen and oxygen atoms in total. The highest BCUT2D eigenvalue weighted by molar-refractivity contribution is 5.95. The first-order chi connectivity index (χ1) is 21.9. The van der Waals surface area contributed by atoms with Crippen molar-refractivity contribution in [2.24, 2.45) is 5.10 Å². The van der Waals surface area contributed by atoms with E-state index in [-0.39, 0.29) is 11.7 Å². The molecule has 0 atom stereocenters. The quantitative estimate of drug-likeness (QED) is 0.135. The number of aryl methyl sites for hydroxylation is 2. The Morgan fingerprint density at radius 1 is 0.778 bits per heavy atom.